The summed E-state index contributed by atoms with van der Waals surface area (Å²) >= 11 is 0. The van der Waals surface area contributed by atoms with Gasteiger partial charge in [-0.15, -0.1) is 0 Å². The summed E-state index contributed by atoms with van der Waals surface area (Å²) < 4.78 is 0. The van der Waals surface area contributed by atoms with E-state index in [1.807, 2.05) is 19.1 Å². The summed E-state index contributed by atoms with van der Waals surface area (Å²) in [5, 5.41) is 6.29. The van der Waals surface area contributed by atoms with Gasteiger partial charge in [0.05, 0.1) is 5.92 Å². The fourth-order valence-electron chi connectivity index (χ4n) is 2.32. The highest BCUT2D eigenvalue weighted by Gasteiger charge is 2.14. The van der Waals surface area contributed by atoms with Crippen LogP contribution < -0.4 is 10.6 Å². The van der Waals surface area contributed by atoms with Crippen LogP contribution in [0.5, 0.6) is 0 Å². The van der Waals surface area contributed by atoms with Gasteiger partial charge in [-0.3, -0.25) is 4.79 Å². The second-order valence-corrected chi connectivity index (χ2v) is 6.34. The molecule has 0 bridgehead atoms. The highest BCUT2D eigenvalue weighted by Crippen LogP contribution is 2.18. The molecule has 1 rings (SSSR count). The number of carbonyl (C=O) groups excluding carboxylic acids is 1. The number of unbranched alkanes of at least 4 members (excludes halogenated alkanes) is 2. The molecule has 23 heavy (non-hydrogen) atoms. The Kier molecular flexibility index (Phi) is 9.30. The van der Waals surface area contributed by atoms with Crippen molar-refractivity contribution in [3.63, 3.8) is 0 Å². The van der Waals surface area contributed by atoms with Gasteiger partial charge >= 0.3 is 0 Å². The zero-order valence-electron chi connectivity index (χ0n) is 15.1. The molecule has 0 aliphatic rings. The van der Waals surface area contributed by atoms with Crippen LogP contribution >= 0.6 is 0 Å². The van der Waals surface area contributed by atoms with E-state index in [0.29, 0.717) is 12.6 Å². The molecule has 0 saturated carbocycles. The van der Waals surface area contributed by atoms with Crippen LogP contribution in [-0.2, 0) is 4.79 Å². The molecule has 0 aromatic heterocycles. The van der Waals surface area contributed by atoms with Crippen molar-refractivity contribution < 1.29 is 4.79 Å². The fourth-order valence-corrected chi connectivity index (χ4v) is 2.32. The van der Waals surface area contributed by atoms with Crippen molar-refractivity contribution in [1.29, 1.82) is 0 Å². The van der Waals surface area contributed by atoms with Crippen LogP contribution in [0.2, 0.25) is 0 Å². The van der Waals surface area contributed by atoms with Crippen LogP contribution in [0.3, 0.4) is 0 Å². The first kappa shape index (κ1) is 19.4. The van der Waals surface area contributed by atoms with E-state index in [0.717, 1.165) is 18.5 Å². The predicted molar refractivity (Wildman–Crippen MR) is 99.6 cm³/mol. The molecule has 0 fully saturated rings. The molecule has 3 nitrogen and oxygen atoms in total. The first-order valence-electron chi connectivity index (χ1n) is 8.82. The zero-order valence-corrected chi connectivity index (χ0v) is 15.1. The van der Waals surface area contributed by atoms with Gasteiger partial charge in [0.25, 0.3) is 0 Å². The molecule has 1 atom stereocenters. The third-order valence-corrected chi connectivity index (χ3v) is 3.82. The standard InChI is InChI=1S/C20H32N2O/c1-5-6-7-8-10-18-11-9-12-19(15-18)17(4)20(23)22-14-13-21-16(2)3/h8-12,15-17,21H,5-7,13-14H2,1-4H3,(H,22,23). The molecule has 128 valence electrons. The topological polar surface area (TPSA) is 41.1 Å². The molecule has 2 N–H and O–H groups in total. The van der Waals surface area contributed by atoms with E-state index in [9.17, 15) is 4.79 Å². The smallest absolute Gasteiger partial charge is 0.227 e. The highest BCUT2D eigenvalue weighted by molar-refractivity contribution is 5.83. The molecule has 0 saturated heterocycles. The lowest BCUT2D eigenvalue weighted by atomic mass is 9.98. The number of rotatable bonds is 10. The molecule has 1 unspecified atom stereocenters. The maximum Gasteiger partial charge on any atom is 0.227 e. The Morgan fingerprint density at radius 3 is 2.70 bits per heavy atom. The van der Waals surface area contributed by atoms with Crippen LogP contribution in [0.4, 0.5) is 0 Å². The van der Waals surface area contributed by atoms with E-state index in [2.05, 4.69) is 55.7 Å². The van der Waals surface area contributed by atoms with Crippen molar-refractivity contribution in [3.05, 3.63) is 41.5 Å². The van der Waals surface area contributed by atoms with E-state index in [1.54, 1.807) is 0 Å². The zero-order chi connectivity index (χ0) is 17.1. The van der Waals surface area contributed by atoms with E-state index < -0.39 is 0 Å². The first-order chi connectivity index (χ1) is 11.0. The normalized spacial score (nSPS) is 12.7. The fraction of sp³-hybridized carbons (Fsp3) is 0.550. The van der Waals surface area contributed by atoms with Crippen molar-refractivity contribution in [2.75, 3.05) is 13.1 Å². The maximum absolute atomic E-state index is 12.2. The minimum atomic E-state index is -0.127. The predicted octanol–water partition coefficient (Wildman–Crippen LogP) is 4.11. The van der Waals surface area contributed by atoms with Gasteiger partial charge in [-0.1, -0.05) is 70.0 Å². The molecular formula is C20H32N2O. The molecule has 0 heterocycles. The summed E-state index contributed by atoms with van der Waals surface area (Å²) in [6.07, 6.45) is 7.91. The van der Waals surface area contributed by atoms with Gasteiger partial charge in [0.15, 0.2) is 0 Å². The van der Waals surface area contributed by atoms with Crippen molar-refractivity contribution >= 4 is 12.0 Å². The summed E-state index contributed by atoms with van der Waals surface area (Å²) in [4.78, 5) is 12.2. The number of nitrogens with one attached hydrogen (secondary N) is 2. The maximum atomic E-state index is 12.2. The van der Waals surface area contributed by atoms with Gasteiger partial charge in [-0.25, -0.2) is 0 Å². The monoisotopic (exact) mass is 316 g/mol. The molecule has 0 radical (unpaired) electrons. The van der Waals surface area contributed by atoms with Crippen LogP contribution in [0.15, 0.2) is 30.3 Å². The Morgan fingerprint density at radius 1 is 1.22 bits per heavy atom. The van der Waals surface area contributed by atoms with Gasteiger partial charge in [0.1, 0.15) is 0 Å². The van der Waals surface area contributed by atoms with Gasteiger partial charge in [0, 0.05) is 19.1 Å². The number of amides is 1. The Morgan fingerprint density at radius 2 is 2.00 bits per heavy atom. The highest BCUT2D eigenvalue weighted by atomic mass is 16.1. The van der Waals surface area contributed by atoms with Crippen molar-refractivity contribution in [1.82, 2.24) is 10.6 Å². The summed E-state index contributed by atoms with van der Waals surface area (Å²) in [5.74, 6) is -0.0410. The Hall–Kier alpha value is -1.61. The quantitative estimate of drug-likeness (QED) is 0.638. The molecule has 0 aliphatic heterocycles. The molecule has 0 aliphatic carbocycles. The number of carbonyl (C=O) groups is 1. The second kappa shape index (κ2) is 11.0. The van der Waals surface area contributed by atoms with E-state index in [1.165, 1.54) is 18.4 Å². The van der Waals surface area contributed by atoms with Gasteiger partial charge < -0.3 is 10.6 Å². The lowest BCUT2D eigenvalue weighted by Crippen LogP contribution is -2.36. The van der Waals surface area contributed by atoms with Crippen LogP contribution in [0.1, 0.15) is 64.0 Å². The lowest BCUT2D eigenvalue weighted by molar-refractivity contribution is -0.122. The SMILES string of the molecule is CCCCC=Cc1cccc(C(C)C(=O)NCCNC(C)C)c1. The van der Waals surface area contributed by atoms with Gasteiger partial charge in [-0.2, -0.15) is 0 Å². The van der Waals surface area contributed by atoms with Crippen molar-refractivity contribution in [3.8, 4) is 0 Å². The Balaban J connectivity index is 2.53. The summed E-state index contributed by atoms with van der Waals surface area (Å²) in [6, 6.07) is 8.70. The third-order valence-electron chi connectivity index (χ3n) is 3.82. The lowest BCUT2D eigenvalue weighted by Gasteiger charge is -2.14. The van der Waals surface area contributed by atoms with Gasteiger partial charge in [0.2, 0.25) is 5.91 Å². The average Bonchev–Trinajstić information content (AvgIpc) is 2.55. The minimum Gasteiger partial charge on any atom is -0.354 e. The Labute approximate surface area is 141 Å². The molecule has 0 spiro atoms. The minimum absolute atomic E-state index is 0.0858. The van der Waals surface area contributed by atoms with Crippen LogP contribution in [-0.4, -0.2) is 25.0 Å². The summed E-state index contributed by atoms with van der Waals surface area (Å²) in [7, 11) is 0. The van der Waals surface area contributed by atoms with Gasteiger partial charge in [-0.05, 0) is 24.5 Å². The van der Waals surface area contributed by atoms with Crippen molar-refractivity contribution in [2.24, 2.45) is 0 Å². The van der Waals surface area contributed by atoms with E-state index >= 15 is 0 Å². The summed E-state index contributed by atoms with van der Waals surface area (Å²) in [6.45, 7) is 9.83. The number of hydrogen-bond acceptors (Lipinski definition) is 2. The molecule has 3 heteroatoms. The van der Waals surface area contributed by atoms with E-state index in [4.69, 9.17) is 0 Å². The third kappa shape index (κ3) is 7.98. The molecular weight excluding hydrogens is 284 g/mol. The number of allylic oxidation sites excluding steroid dienone is 1. The van der Waals surface area contributed by atoms with Crippen LogP contribution in [0.25, 0.3) is 6.08 Å². The van der Waals surface area contributed by atoms with Crippen LogP contribution in [0, 0.1) is 0 Å². The molecule has 1 amide bonds. The second-order valence-electron chi connectivity index (χ2n) is 6.34. The summed E-state index contributed by atoms with van der Waals surface area (Å²) in [5.41, 5.74) is 2.23. The van der Waals surface area contributed by atoms with E-state index in [-0.39, 0.29) is 11.8 Å². The largest absolute Gasteiger partial charge is 0.354 e. The molecule has 1 aromatic rings. The first-order valence-corrected chi connectivity index (χ1v) is 8.82. The molecule has 1 aromatic carbocycles. The number of benzene rings is 1. The Bertz CT molecular complexity index is 494. The average molecular weight is 316 g/mol. The van der Waals surface area contributed by atoms with Crippen molar-refractivity contribution in [2.45, 2.75) is 58.9 Å². The number of hydrogen-bond donors (Lipinski definition) is 2.